The summed E-state index contributed by atoms with van der Waals surface area (Å²) < 4.78 is 18.5. The van der Waals surface area contributed by atoms with Crippen LogP contribution in [0.15, 0.2) is 29.3 Å². The van der Waals surface area contributed by atoms with Gasteiger partial charge in [0.2, 0.25) is 5.91 Å². The average Bonchev–Trinajstić information content (AvgIpc) is 3.11. The summed E-state index contributed by atoms with van der Waals surface area (Å²) in [6.07, 6.45) is 2.15. The van der Waals surface area contributed by atoms with Crippen molar-refractivity contribution in [2.45, 2.75) is 19.8 Å². The standard InChI is InChI=1S/C17H25FN4O2/c1-2-19-17(21-13-16(23)22-9-3-4-10-22)20-8-11-24-15-7-5-6-14(18)12-15/h5-7,12H,2-4,8-11,13H2,1H3,(H2,19,20,21). The number of aliphatic imine (C=N–C) groups is 1. The SMILES string of the molecule is CCNC(=NCC(=O)N1CCCC1)NCCOc1cccc(F)c1. The number of hydrogen-bond acceptors (Lipinski definition) is 3. The summed E-state index contributed by atoms with van der Waals surface area (Å²) in [5.74, 6) is 0.798. The van der Waals surface area contributed by atoms with E-state index in [9.17, 15) is 9.18 Å². The summed E-state index contributed by atoms with van der Waals surface area (Å²) in [7, 11) is 0. The molecule has 0 aromatic heterocycles. The zero-order valence-corrected chi connectivity index (χ0v) is 14.1. The Hall–Kier alpha value is -2.31. The minimum absolute atomic E-state index is 0.0562. The third-order valence-corrected chi connectivity index (χ3v) is 3.63. The molecule has 1 heterocycles. The second-order valence-corrected chi connectivity index (χ2v) is 5.52. The van der Waals surface area contributed by atoms with Crippen molar-refractivity contribution < 1.29 is 13.9 Å². The van der Waals surface area contributed by atoms with Crippen molar-refractivity contribution in [3.8, 4) is 5.75 Å². The van der Waals surface area contributed by atoms with E-state index in [-0.39, 0.29) is 18.3 Å². The molecule has 1 amide bonds. The van der Waals surface area contributed by atoms with Gasteiger partial charge < -0.3 is 20.3 Å². The molecule has 0 spiro atoms. The Labute approximate surface area is 142 Å². The van der Waals surface area contributed by atoms with E-state index >= 15 is 0 Å². The Morgan fingerprint density at radius 3 is 2.83 bits per heavy atom. The summed E-state index contributed by atoms with van der Waals surface area (Å²) in [4.78, 5) is 18.2. The number of guanidine groups is 1. The molecule has 2 rings (SSSR count). The van der Waals surface area contributed by atoms with Gasteiger partial charge in [-0.15, -0.1) is 0 Å². The molecule has 1 aliphatic heterocycles. The van der Waals surface area contributed by atoms with Crippen molar-refractivity contribution in [2.24, 2.45) is 4.99 Å². The van der Waals surface area contributed by atoms with Crippen LogP contribution in [0.5, 0.6) is 5.75 Å². The normalized spacial score (nSPS) is 14.6. The number of nitrogens with zero attached hydrogens (tertiary/aromatic N) is 2. The molecule has 0 radical (unpaired) electrons. The molecule has 1 saturated heterocycles. The summed E-state index contributed by atoms with van der Waals surface area (Å²) in [5.41, 5.74) is 0. The lowest BCUT2D eigenvalue weighted by atomic mass is 10.3. The van der Waals surface area contributed by atoms with Gasteiger partial charge in [0.25, 0.3) is 0 Å². The summed E-state index contributed by atoms with van der Waals surface area (Å²) in [6, 6.07) is 6.02. The number of carbonyl (C=O) groups excluding carboxylic acids is 1. The van der Waals surface area contributed by atoms with Gasteiger partial charge in [-0.25, -0.2) is 9.38 Å². The fraction of sp³-hybridized carbons (Fsp3) is 0.529. The van der Waals surface area contributed by atoms with Crippen molar-refractivity contribution in [2.75, 3.05) is 39.3 Å². The van der Waals surface area contributed by atoms with Crippen molar-refractivity contribution in [3.63, 3.8) is 0 Å². The highest BCUT2D eigenvalue weighted by Gasteiger charge is 2.17. The minimum atomic E-state index is -0.323. The Bertz CT molecular complexity index is 559. The van der Waals surface area contributed by atoms with Crippen LogP contribution < -0.4 is 15.4 Å². The van der Waals surface area contributed by atoms with E-state index < -0.39 is 0 Å². The summed E-state index contributed by atoms with van der Waals surface area (Å²) in [6.45, 7) is 5.34. The fourth-order valence-electron chi connectivity index (χ4n) is 2.45. The molecule has 0 unspecified atom stereocenters. The van der Waals surface area contributed by atoms with Crippen molar-refractivity contribution in [3.05, 3.63) is 30.1 Å². The van der Waals surface area contributed by atoms with Crippen LogP contribution in [-0.2, 0) is 4.79 Å². The van der Waals surface area contributed by atoms with Gasteiger partial charge in [0, 0.05) is 25.7 Å². The van der Waals surface area contributed by atoms with Crippen LogP contribution in [0.3, 0.4) is 0 Å². The molecule has 1 aromatic rings. The Kier molecular flexibility index (Phi) is 7.32. The maximum atomic E-state index is 13.0. The average molecular weight is 336 g/mol. The number of rotatable bonds is 7. The molecule has 1 fully saturated rings. The number of nitrogens with one attached hydrogen (secondary N) is 2. The third kappa shape index (κ3) is 6.06. The lowest BCUT2D eigenvalue weighted by Crippen LogP contribution is -2.40. The number of amides is 1. The monoisotopic (exact) mass is 336 g/mol. The number of likely N-dealkylation sites (tertiary alicyclic amines) is 1. The number of benzene rings is 1. The van der Waals surface area contributed by atoms with Crippen LogP contribution in [0.2, 0.25) is 0 Å². The van der Waals surface area contributed by atoms with E-state index in [2.05, 4.69) is 15.6 Å². The summed E-state index contributed by atoms with van der Waals surface area (Å²) in [5, 5.41) is 6.19. The number of ether oxygens (including phenoxy) is 1. The zero-order valence-electron chi connectivity index (χ0n) is 14.1. The molecule has 6 nitrogen and oxygen atoms in total. The van der Waals surface area contributed by atoms with Crippen molar-refractivity contribution in [1.29, 1.82) is 0 Å². The molecule has 0 bridgehead atoms. The van der Waals surface area contributed by atoms with Crippen LogP contribution in [-0.4, -0.2) is 56.1 Å². The van der Waals surface area contributed by atoms with Gasteiger partial charge in [0.15, 0.2) is 5.96 Å². The first-order valence-corrected chi connectivity index (χ1v) is 8.37. The van der Waals surface area contributed by atoms with Gasteiger partial charge in [0.1, 0.15) is 24.7 Å². The largest absolute Gasteiger partial charge is 0.492 e. The number of hydrogen-bond donors (Lipinski definition) is 2. The highest BCUT2D eigenvalue weighted by atomic mass is 19.1. The molecule has 2 N–H and O–H groups in total. The molecule has 1 aliphatic rings. The minimum Gasteiger partial charge on any atom is -0.492 e. The number of carbonyl (C=O) groups is 1. The molecule has 1 aromatic carbocycles. The third-order valence-electron chi connectivity index (χ3n) is 3.63. The van der Waals surface area contributed by atoms with Crippen LogP contribution >= 0.6 is 0 Å². The molecule has 24 heavy (non-hydrogen) atoms. The first kappa shape index (κ1) is 18.0. The van der Waals surface area contributed by atoms with E-state index in [4.69, 9.17) is 4.74 Å². The first-order valence-electron chi connectivity index (χ1n) is 8.37. The van der Waals surface area contributed by atoms with Gasteiger partial charge in [0.05, 0.1) is 6.54 Å². The van der Waals surface area contributed by atoms with E-state index in [0.29, 0.717) is 31.4 Å². The van der Waals surface area contributed by atoms with E-state index in [1.165, 1.54) is 12.1 Å². The highest BCUT2D eigenvalue weighted by Crippen LogP contribution is 2.11. The molecule has 0 saturated carbocycles. The Balaban J connectivity index is 1.73. The Morgan fingerprint density at radius 1 is 1.33 bits per heavy atom. The van der Waals surface area contributed by atoms with Crippen molar-refractivity contribution in [1.82, 2.24) is 15.5 Å². The molecular formula is C17H25FN4O2. The quantitative estimate of drug-likeness (QED) is 0.449. The van der Waals surface area contributed by atoms with Crippen LogP contribution in [0.1, 0.15) is 19.8 Å². The molecule has 0 aliphatic carbocycles. The van der Waals surface area contributed by atoms with Gasteiger partial charge in [-0.05, 0) is 31.9 Å². The van der Waals surface area contributed by atoms with E-state index in [1.54, 1.807) is 12.1 Å². The lowest BCUT2D eigenvalue weighted by molar-refractivity contribution is -0.128. The molecule has 132 valence electrons. The molecule has 7 heteroatoms. The number of halogens is 1. The van der Waals surface area contributed by atoms with E-state index in [1.807, 2.05) is 11.8 Å². The summed E-state index contributed by atoms with van der Waals surface area (Å²) >= 11 is 0. The van der Waals surface area contributed by atoms with Crippen molar-refractivity contribution >= 4 is 11.9 Å². The maximum Gasteiger partial charge on any atom is 0.244 e. The van der Waals surface area contributed by atoms with E-state index in [0.717, 1.165) is 25.9 Å². The molecular weight excluding hydrogens is 311 g/mol. The zero-order chi connectivity index (χ0) is 17.2. The Morgan fingerprint density at radius 2 is 2.12 bits per heavy atom. The predicted octanol–water partition coefficient (Wildman–Crippen LogP) is 1.38. The maximum absolute atomic E-state index is 13.0. The second-order valence-electron chi connectivity index (χ2n) is 5.52. The second kappa shape index (κ2) is 9.75. The fourth-order valence-corrected chi connectivity index (χ4v) is 2.45. The van der Waals surface area contributed by atoms with Crippen LogP contribution in [0.25, 0.3) is 0 Å². The van der Waals surface area contributed by atoms with Gasteiger partial charge >= 0.3 is 0 Å². The highest BCUT2D eigenvalue weighted by molar-refractivity contribution is 5.85. The van der Waals surface area contributed by atoms with Crippen LogP contribution in [0, 0.1) is 5.82 Å². The predicted molar refractivity (Wildman–Crippen MR) is 91.7 cm³/mol. The van der Waals surface area contributed by atoms with Gasteiger partial charge in [-0.1, -0.05) is 6.07 Å². The van der Waals surface area contributed by atoms with Gasteiger partial charge in [-0.3, -0.25) is 4.79 Å². The molecule has 0 atom stereocenters. The topological polar surface area (TPSA) is 66.0 Å². The lowest BCUT2D eigenvalue weighted by Gasteiger charge is -2.15. The van der Waals surface area contributed by atoms with Crippen LogP contribution in [0.4, 0.5) is 4.39 Å². The van der Waals surface area contributed by atoms with Gasteiger partial charge in [-0.2, -0.15) is 0 Å². The smallest absolute Gasteiger partial charge is 0.244 e. The first-order chi connectivity index (χ1) is 11.7.